The number of carbonyl (C=O) groups is 4. The van der Waals surface area contributed by atoms with Crippen molar-refractivity contribution in [2.75, 3.05) is 11.4 Å². The number of primary amides is 1. The number of nitrogens with zero attached hydrogens (tertiary/aromatic N) is 1. The van der Waals surface area contributed by atoms with Gasteiger partial charge in [-0.3, -0.25) is 19.7 Å². The summed E-state index contributed by atoms with van der Waals surface area (Å²) in [5.41, 5.74) is 6.82. The number of imide groups is 1. The van der Waals surface area contributed by atoms with Crippen molar-refractivity contribution in [1.82, 2.24) is 5.32 Å². The SMILES string of the molecule is CCc1ccc(N2C[C@@H](C(=O)O[C@H](C(=O)NC(N)=O)C(C)C)CC2=O)cc1. The summed E-state index contributed by atoms with van der Waals surface area (Å²) in [5, 5.41) is 1.92. The van der Waals surface area contributed by atoms with E-state index >= 15 is 0 Å². The summed E-state index contributed by atoms with van der Waals surface area (Å²) >= 11 is 0. The second kappa shape index (κ2) is 8.66. The molecule has 0 spiro atoms. The fraction of sp³-hybridized carbons (Fsp3) is 0.474. The number of amides is 4. The van der Waals surface area contributed by atoms with Gasteiger partial charge in [-0.05, 0) is 30.0 Å². The molecule has 1 aliphatic rings. The smallest absolute Gasteiger partial charge is 0.318 e. The summed E-state index contributed by atoms with van der Waals surface area (Å²) < 4.78 is 5.29. The lowest BCUT2D eigenvalue weighted by Gasteiger charge is -2.22. The third-order valence-corrected chi connectivity index (χ3v) is 4.47. The standard InChI is InChI=1S/C19H25N3O5/c1-4-12-5-7-14(8-6-12)22-10-13(9-15(22)23)18(25)27-16(11(2)3)17(24)21-19(20)26/h5-8,11,13,16H,4,9-10H2,1-3H3,(H3,20,21,24,26)/t13-,16-/m0/s1. The molecule has 1 aromatic carbocycles. The molecule has 0 aliphatic carbocycles. The van der Waals surface area contributed by atoms with E-state index in [-0.39, 0.29) is 24.8 Å². The van der Waals surface area contributed by atoms with E-state index in [1.54, 1.807) is 18.7 Å². The summed E-state index contributed by atoms with van der Waals surface area (Å²) in [7, 11) is 0. The van der Waals surface area contributed by atoms with Crippen LogP contribution < -0.4 is 16.0 Å². The summed E-state index contributed by atoms with van der Waals surface area (Å²) in [6.07, 6.45) is -0.248. The highest BCUT2D eigenvalue weighted by atomic mass is 16.5. The number of urea groups is 1. The van der Waals surface area contributed by atoms with Crippen LogP contribution in [0, 0.1) is 11.8 Å². The molecule has 0 radical (unpaired) electrons. The van der Waals surface area contributed by atoms with Crippen LogP contribution in [0.2, 0.25) is 0 Å². The Hall–Kier alpha value is -2.90. The van der Waals surface area contributed by atoms with Crippen molar-refractivity contribution in [1.29, 1.82) is 0 Å². The zero-order valence-corrected chi connectivity index (χ0v) is 15.7. The first-order chi connectivity index (χ1) is 12.7. The van der Waals surface area contributed by atoms with Gasteiger partial charge in [-0.1, -0.05) is 32.9 Å². The van der Waals surface area contributed by atoms with E-state index in [2.05, 4.69) is 0 Å². The minimum absolute atomic E-state index is 0.0105. The molecule has 0 unspecified atom stereocenters. The second-order valence-electron chi connectivity index (χ2n) is 6.88. The Kier molecular flexibility index (Phi) is 6.55. The maximum absolute atomic E-state index is 12.5. The van der Waals surface area contributed by atoms with Crippen LogP contribution in [-0.2, 0) is 25.5 Å². The quantitative estimate of drug-likeness (QED) is 0.728. The Labute approximate surface area is 158 Å². The summed E-state index contributed by atoms with van der Waals surface area (Å²) in [4.78, 5) is 49.2. The predicted octanol–water partition coefficient (Wildman–Crippen LogP) is 1.36. The van der Waals surface area contributed by atoms with Crippen LogP contribution in [0.4, 0.5) is 10.5 Å². The van der Waals surface area contributed by atoms with Gasteiger partial charge in [0.2, 0.25) is 5.91 Å². The van der Waals surface area contributed by atoms with Crippen LogP contribution in [0.1, 0.15) is 32.8 Å². The summed E-state index contributed by atoms with van der Waals surface area (Å²) in [6.45, 7) is 5.59. The van der Waals surface area contributed by atoms with E-state index in [9.17, 15) is 19.2 Å². The lowest BCUT2D eigenvalue weighted by Crippen LogP contribution is -2.46. The molecular formula is C19H25N3O5. The number of aryl methyl sites for hydroxylation is 1. The largest absolute Gasteiger partial charge is 0.452 e. The van der Waals surface area contributed by atoms with E-state index in [1.165, 1.54) is 0 Å². The van der Waals surface area contributed by atoms with Crippen LogP contribution >= 0.6 is 0 Å². The number of esters is 1. The Bertz CT molecular complexity index is 729. The van der Waals surface area contributed by atoms with E-state index in [4.69, 9.17) is 10.5 Å². The van der Waals surface area contributed by atoms with Gasteiger partial charge in [-0.15, -0.1) is 0 Å². The summed E-state index contributed by atoms with van der Waals surface area (Å²) in [6, 6.07) is 6.57. The molecule has 0 saturated carbocycles. The van der Waals surface area contributed by atoms with Gasteiger partial charge in [0.1, 0.15) is 0 Å². The first-order valence-electron chi connectivity index (χ1n) is 8.93. The maximum atomic E-state index is 12.5. The number of anilines is 1. The molecule has 8 heteroatoms. The highest BCUT2D eigenvalue weighted by molar-refractivity contribution is 6.00. The number of carbonyl (C=O) groups excluding carboxylic acids is 4. The summed E-state index contributed by atoms with van der Waals surface area (Å²) in [5.74, 6) is -2.63. The van der Waals surface area contributed by atoms with Crippen molar-refractivity contribution in [2.24, 2.45) is 17.6 Å². The Morgan fingerprint density at radius 1 is 1.26 bits per heavy atom. The zero-order chi connectivity index (χ0) is 20.1. The van der Waals surface area contributed by atoms with Crippen LogP contribution in [-0.4, -0.2) is 36.5 Å². The molecule has 1 saturated heterocycles. The van der Waals surface area contributed by atoms with E-state index in [0.29, 0.717) is 0 Å². The number of benzene rings is 1. The molecular weight excluding hydrogens is 350 g/mol. The van der Waals surface area contributed by atoms with Gasteiger partial charge >= 0.3 is 12.0 Å². The van der Waals surface area contributed by atoms with Gasteiger partial charge < -0.3 is 15.4 Å². The first-order valence-corrected chi connectivity index (χ1v) is 8.93. The first kappa shape index (κ1) is 20.4. The number of hydrogen-bond donors (Lipinski definition) is 2. The Morgan fingerprint density at radius 3 is 2.41 bits per heavy atom. The van der Waals surface area contributed by atoms with Crippen molar-refractivity contribution < 1.29 is 23.9 Å². The minimum atomic E-state index is -1.15. The molecule has 0 aromatic heterocycles. The molecule has 8 nitrogen and oxygen atoms in total. The van der Waals surface area contributed by atoms with Crippen LogP contribution in [0.5, 0.6) is 0 Å². The maximum Gasteiger partial charge on any atom is 0.318 e. The fourth-order valence-corrected chi connectivity index (χ4v) is 2.93. The molecule has 1 aromatic rings. The van der Waals surface area contributed by atoms with Crippen LogP contribution in [0.15, 0.2) is 24.3 Å². The third kappa shape index (κ3) is 5.06. The number of ether oxygens (including phenoxy) is 1. The minimum Gasteiger partial charge on any atom is -0.452 e. The van der Waals surface area contributed by atoms with Gasteiger partial charge in [0.15, 0.2) is 6.10 Å². The molecule has 1 heterocycles. The van der Waals surface area contributed by atoms with E-state index in [0.717, 1.165) is 17.7 Å². The van der Waals surface area contributed by atoms with Crippen LogP contribution in [0.3, 0.4) is 0 Å². The van der Waals surface area contributed by atoms with E-state index < -0.39 is 29.9 Å². The van der Waals surface area contributed by atoms with Gasteiger partial charge in [0.25, 0.3) is 5.91 Å². The fourth-order valence-electron chi connectivity index (χ4n) is 2.93. The van der Waals surface area contributed by atoms with Gasteiger partial charge in [-0.25, -0.2) is 4.79 Å². The average Bonchev–Trinajstić information content (AvgIpc) is 3.00. The monoisotopic (exact) mass is 375 g/mol. The number of hydrogen-bond acceptors (Lipinski definition) is 5. The zero-order valence-electron chi connectivity index (χ0n) is 15.7. The predicted molar refractivity (Wildman–Crippen MR) is 98.7 cm³/mol. The van der Waals surface area contributed by atoms with E-state index in [1.807, 2.05) is 36.5 Å². The lowest BCUT2D eigenvalue weighted by molar-refractivity contribution is -0.161. The lowest BCUT2D eigenvalue weighted by atomic mass is 10.1. The molecule has 4 amide bonds. The van der Waals surface area contributed by atoms with Gasteiger partial charge in [-0.2, -0.15) is 0 Å². The number of rotatable bonds is 6. The van der Waals surface area contributed by atoms with Crippen molar-refractivity contribution in [3.63, 3.8) is 0 Å². The molecule has 3 N–H and O–H groups in total. The molecule has 27 heavy (non-hydrogen) atoms. The normalized spacial score (nSPS) is 17.7. The molecule has 1 aliphatic heterocycles. The van der Waals surface area contributed by atoms with Crippen LogP contribution in [0.25, 0.3) is 0 Å². The molecule has 0 bridgehead atoms. The van der Waals surface area contributed by atoms with Crippen molar-refractivity contribution in [3.8, 4) is 0 Å². The highest BCUT2D eigenvalue weighted by Crippen LogP contribution is 2.27. The number of nitrogens with one attached hydrogen (secondary N) is 1. The molecule has 1 fully saturated rings. The Balaban J connectivity index is 2.05. The molecule has 2 rings (SSSR count). The number of nitrogens with two attached hydrogens (primary N) is 1. The third-order valence-electron chi connectivity index (χ3n) is 4.47. The van der Waals surface area contributed by atoms with Crippen molar-refractivity contribution in [3.05, 3.63) is 29.8 Å². The molecule has 2 atom stereocenters. The van der Waals surface area contributed by atoms with Gasteiger partial charge in [0, 0.05) is 18.7 Å². The average molecular weight is 375 g/mol. The topological polar surface area (TPSA) is 119 Å². The van der Waals surface area contributed by atoms with Gasteiger partial charge in [0.05, 0.1) is 5.92 Å². The second-order valence-corrected chi connectivity index (χ2v) is 6.88. The van der Waals surface area contributed by atoms with Crippen molar-refractivity contribution >= 4 is 29.5 Å². The highest BCUT2D eigenvalue weighted by Gasteiger charge is 2.38. The Morgan fingerprint density at radius 2 is 1.89 bits per heavy atom. The molecule has 146 valence electrons. The van der Waals surface area contributed by atoms with Crippen molar-refractivity contribution in [2.45, 2.75) is 39.7 Å².